The second kappa shape index (κ2) is 5.22. The molecule has 1 atom stereocenters. The van der Waals surface area contributed by atoms with Gasteiger partial charge < -0.3 is 10.2 Å². The molecular weight excluding hydrogens is 234 g/mol. The topological polar surface area (TPSA) is 39.2 Å². The van der Waals surface area contributed by atoms with Gasteiger partial charge in [0.2, 0.25) is 0 Å². The van der Waals surface area contributed by atoms with Crippen molar-refractivity contribution in [3.05, 3.63) is 57.5 Å². The molecule has 0 aliphatic rings. The summed E-state index contributed by atoms with van der Waals surface area (Å²) in [6.45, 7) is 10.6. The molecule has 0 amide bonds. The first-order valence-electron chi connectivity index (χ1n) is 6.87. The Labute approximate surface area is 115 Å². The van der Waals surface area contributed by atoms with Crippen LogP contribution in [0, 0.1) is 27.7 Å². The molecule has 1 heterocycles. The SMILES string of the molecule is CCc1ccc(C(N)c2c(C)c(C)cc(C)c2C)o1. The lowest BCUT2D eigenvalue weighted by atomic mass is 9.89. The molecule has 1 unspecified atom stereocenters. The summed E-state index contributed by atoms with van der Waals surface area (Å²) in [4.78, 5) is 0. The number of rotatable bonds is 3. The lowest BCUT2D eigenvalue weighted by Gasteiger charge is -2.19. The van der Waals surface area contributed by atoms with Crippen LogP contribution in [-0.2, 0) is 6.42 Å². The molecule has 0 saturated heterocycles. The Balaban J connectivity index is 2.52. The summed E-state index contributed by atoms with van der Waals surface area (Å²) in [6.07, 6.45) is 0.900. The van der Waals surface area contributed by atoms with Crippen LogP contribution >= 0.6 is 0 Å². The van der Waals surface area contributed by atoms with E-state index in [0.717, 1.165) is 17.9 Å². The number of benzene rings is 1. The van der Waals surface area contributed by atoms with Gasteiger partial charge in [0.05, 0.1) is 6.04 Å². The predicted molar refractivity (Wildman–Crippen MR) is 79.5 cm³/mol. The minimum Gasteiger partial charge on any atom is -0.464 e. The Kier molecular flexibility index (Phi) is 3.81. The van der Waals surface area contributed by atoms with Gasteiger partial charge in [-0.05, 0) is 67.6 Å². The molecule has 0 radical (unpaired) electrons. The van der Waals surface area contributed by atoms with E-state index in [0.29, 0.717) is 0 Å². The minimum absolute atomic E-state index is 0.182. The summed E-state index contributed by atoms with van der Waals surface area (Å²) in [5, 5.41) is 0. The van der Waals surface area contributed by atoms with E-state index in [1.54, 1.807) is 0 Å². The number of hydrogen-bond donors (Lipinski definition) is 1. The fourth-order valence-corrected chi connectivity index (χ4v) is 2.61. The Morgan fingerprint density at radius 2 is 1.63 bits per heavy atom. The van der Waals surface area contributed by atoms with Crippen molar-refractivity contribution in [1.82, 2.24) is 0 Å². The van der Waals surface area contributed by atoms with Crippen molar-refractivity contribution in [2.45, 2.75) is 47.1 Å². The quantitative estimate of drug-likeness (QED) is 0.898. The monoisotopic (exact) mass is 257 g/mol. The molecule has 2 heteroatoms. The first-order chi connectivity index (χ1) is 8.95. The smallest absolute Gasteiger partial charge is 0.125 e. The largest absolute Gasteiger partial charge is 0.464 e. The predicted octanol–water partition coefficient (Wildman–Crippen LogP) is 4.12. The Hall–Kier alpha value is -1.54. The molecular formula is C17H23NO. The van der Waals surface area contributed by atoms with Crippen LogP contribution in [0.1, 0.15) is 52.3 Å². The Morgan fingerprint density at radius 3 is 2.11 bits per heavy atom. The molecule has 102 valence electrons. The van der Waals surface area contributed by atoms with Gasteiger partial charge >= 0.3 is 0 Å². The summed E-state index contributed by atoms with van der Waals surface area (Å²) >= 11 is 0. The second-order valence-electron chi connectivity index (χ2n) is 5.31. The zero-order valence-electron chi connectivity index (χ0n) is 12.5. The van der Waals surface area contributed by atoms with Crippen LogP contribution in [0.5, 0.6) is 0 Å². The van der Waals surface area contributed by atoms with Crippen molar-refractivity contribution in [3.63, 3.8) is 0 Å². The van der Waals surface area contributed by atoms with E-state index in [2.05, 4.69) is 40.7 Å². The summed E-state index contributed by atoms with van der Waals surface area (Å²) in [7, 11) is 0. The normalized spacial score (nSPS) is 12.7. The average Bonchev–Trinajstić information content (AvgIpc) is 2.85. The zero-order chi connectivity index (χ0) is 14.2. The lowest BCUT2D eigenvalue weighted by molar-refractivity contribution is 0.453. The number of aryl methyl sites for hydroxylation is 3. The fourth-order valence-electron chi connectivity index (χ4n) is 2.61. The van der Waals surface area contributed by atoms with Crippen molar-refractivity contribution in [3.8, 4) is 0 Å². The highest BCUT2D eigenvalue weighted by Gasteiger charge is 2.19. The van der Waals surface area contributed by atoms with Gasteiger partial charge in [0.15, 0.2) is 0 Å². The van der Waals surface area contributed by atoms with Crippen LogP contribution in [0.4, 0.5) is 0 Å². The van der Waals surface area contributed by atoms with Crippen LogP contribution in [0.2, 0.25) is 0 Å². The van der Waals surface area contributed by atoms with Crippen LogP contribution in [0.15, 0.2) is 22.6 Å². The van der Waals surface area contributed by atoms with E-state index < -0.39 is 0 Å². The third kappa shape index (κ3) is 2.45. The molecule has 2 nitrogen and oxygen atoms in total. The van der Waals surface area contributed by atoms with Gasteiger partial charge in [-0.15, -0.1) is 0 Å². The highest BCUT2D eigenvalue weighted by Crippen LogP contribution is 2.30. The van der Waals surface area contributed by atoms with E-state index in [-0.39, 0.29) is 6.04 Å². The number of furan rings is 1. The van der Waals surface area contributed by atoms with Gasteiger partial charge in [0.1, 0.15) is 11.5 Å². The van der Waals surface area contributed by atoms with Crippen molar-refractivity contribution in [2.75, 3.05) is 0 Å². The maximum Gasteiger partial charge on any atom is 0.125 e. The number of nitrogens with two attached hydrogens (primary N) is 1. The van der Waals surface area contributed by atoms with Gasteiger partial charge in [0, 0.05) is 6.42 Å². The average molecular weight is 257 g/mol. The van der Waals surface area contributed by atoms with Gasteiger partial charge in [-0.3, -0.25) is 0 Å². The van der Waals surface area contributed by atoms with Crippen molar-refractivity contribution < 1.29 is 4.42 Å². The van der Waals surface area contributed by atoms with Gasteiger partial charge in [0.25, 0.3) is 0 Å². The van der Waals surface area contributed by atoms with E-state index in [1.165, 1.54) is 27.8 Å². The Morgan fingerprint density at radius 1 is 1.05 bits per heavy atom. The van der Waals surface area contributed by atoms with Gasteiger partial charge in [-0.1, -0.05) is 13.0 Å². The summed E-state index contributed by atoms with van der Waals surface area (Å²) in [5.41, 5.74) is 12.7. The lowest BCUT2D eigenvalue weighted by Crippen LogP contribution is -2.15. The molecule has 2 rings (SSSR count). The first kappa shape index (κ1) is 13.9. The van der Waals surface area contributed by atoms with Gasteiger partial charge in [-0.2, -0.15) is 0 Å². The molecule has 2 N–H and O–H groups in total. The molecule has 0 aliphatic heterocycles. The van der Waals surface area contributed by atoms with Crippen molar-refractivity contribution in [1.29, 1.82) is 0 Å². The maximum absolute atomic E-state index is 6.43. The standard InChI is InChI=1S/C17H23NO/c1-6-14-7-8-15(19-14)17(18)16-12(4)10(2)9-11(3)13(16)5/h7-9,17H,6,18H2,1-5H3. The van der Waals surface area contributed by atoms with Crippen molar-refractivity contribution in [2.24, 2.45) is 5.73 Å². The summed E-state index contributed by atoms with van der Waals surface area (Å²) < 4.78 is 5.81. The second-order valence-corrected chi connectivity index (χ2v) is 5.31. The third-order valence-corrected chi connectivity index (χ3v) is 4.07. The van der Waals surface area contributed by atoms with E-state index in [9.17, 15) is 0 Å². The van der Waals surface area contributed by atoms with E-state index >= 15 is 0 Å². The molecule has 0 saturated carbocycles. The molecule has 0 spiro atoms. The molecule has 0 bridgehead atoms. The van der Waals surface area contributed by atoms with Crippen molar-refractivity contribution >= 4 is 0 Å². The third-order valence-electron chi connectivity index (χ3n) is 4.07. The fraction of sp³-hybridized carbons (Fsp3) is 0.412. The molecule has 1 aromatic heterocycles. The zero-order valence-corrected chi connectivity index (χ0v) is 12.5. The first-order valence-corrected chi connectivity index (χ1v) is 6.87. The summed E-state index contributed by atoms with van der Waals surface area (Å²) in [5.74, 6) is 1.85. The Bertz CT molecular complexity index is 569. The number of hydrogen-bond acceptors (Lipinski definition) is 2. The molecule has 0 fully saturated rings. The van der Waals surface area contributed by atoms with Gasteiger partial charge in [-0.25, -0.2) is 0 Å². The summed E-state index contributed by atoms with van der Waals surface area (Å²) in [6, 6.07) is 6.06. The maximum atomic E-state index is 6.43. The van der Waals surface area contributed by atoms with Crippen LogP contribution in [-0.4, -0.2) is 0 Å². The highest BCUT2D eigenvalue weighted by molar-refractivity contribution is 5.47. The van der Waals surface area contributed by atoms with Crippen LogP contribution in [0.25, 0.3) is 0 Å². The molecule has 2 aromatic rings. The molecule has 19 heavy (non-hydrogen) atoms. The molecule has 0 aliphatic carbocycles. The van der Waals surface area contributed by atoms with Crippen LogP contribution < -0.4 is 5.73 Å². The van der Waals surface area contributed by atoms with E-state index in [1.807, 2.05) is 12.1 Å². The molecule has 1 aromatic carbocycles. The minimum atomic E-state index is -0.182. The van der Waals surface area contributed by atoms with Crippen LogP contribution in [0.3, 0.4) is 0 Å². The van der Waals surface area contributed by atoms with E-state index in [4.69, 9.17) is 10.2 Å². The highest BCUT2D eigenvalue weighted by atomic mass is 16.3.